The summed E-state index contributed by atoms with van der Waals surface area (Å²) in [6.45, 7) is 0. The minimum atomic E-state index is -0.989. The van der Waals surface area contributed by atoms with Gasteiger partial charge in [-0.15, -0.1) is 0 Å². The van der Waals surface area contributed by atoms with Gasteiger partial charge in [-0.3, -0.25) is 14.9 Å². The second kappa shape index (κ2) is 5.74. The smallest absolute Gasteiger partial charge is 0.305 e. The average Bonchev–Trinajstić information content (AvgIpc) is 2.41. The molecule has 0 unspecified atom stereocenters. The average molecular weight is 340 g/mol. The number of nitro groups is 1. The SMILES string of the molecule is O=C(Nc1ccc(Br)nc1)c1ccc(F)c([N+](=O)[O-])c1. The molecule has 0 aliphatic heterocycles. The zero-order valence-electron chi connectivity index (χ0n) is 9.84. The van der Waals surface area contributed by atoms with Crippen molar-refractivity contribution < 1.29 is 14.1 Å². The van der Waals surface area contributed by atoms with Crippen molar-refractivity contribution in [1.82, 2.24) is 4.98 Å². The highest BCUT2D eigenvalue weighted by atomic mass is 79.9. The summed E-state index contributed by atoms with van der Waals surface area (Å²) in [5.41, 5.74) is -0.335. The van der Waals surface area contributed by atoms with Crippen molar-refractivity contribution in [3.05, 3.63) is 62.6 Å². The van der Waals surface area contributed by atoms with Crippen LogP contribution in [-0.4, -0.2) is 15.8 Å². The molecule has 8 heteroatoms. The number of nitro benzene ring substituents is 1. The third kappa shape index (κ3) is 3.15. The van der Waals surface area contributed by atoms with Crippen molar-refractivity contribution in [3.8, 4) is 0 Å². The number of hydrogen-bond donors (Lipinski definition) is 1. The van der Waals surface area contributed by atoms with Crippen LogP contribution < -0.4 is 5.32 Å². The zero-order valence-corrected chi connectivity index (χ0v) is 11.4. The predicted octanol–water partition coefficient (Wildman–Crippen LogP) is 3.14. The van der Waals surface area contributed by atoms with Crippen molar-refractivity contribution in [2.75, 3.05) is 5.32 Å². The molecule has 2 rings (SSSR count). The number of nitrogens with one attached hydrogen (secondary N) is 1. The van der Waals surface area contributed by atoms with Crippen LogP contribution in [0.2, 0.25) is 0 Å². The van der Waals surface area contributed by atoms with Gasteiger partial charge in [0.2, 0.25) is 5.82 Å². The molecule has 102 valence electrons. The van der Waals surface area contributed by atoms with Crippen molar-refractivity contribution >= 4 is 33.2 Å². The van der Waals surface area contributed by atoms with Crippen molar-refractivity contribution in [3.63, 3.8) is 0 Å². The zero-order chi connectivity index (χ0) is 14.7. The Bertz CT molecular complexity index is 676. The third-order valence-electron chi connectivity index (χ3n) is 2.39. The first-order valence-electron chi connectivity index (χ1n) is 5.34. The van der Waals surface area contributed by atoms with E-state index >= 15 is 0 Å². The lowest BCUT2D eigenvalue weighted by Crippen LogP contribution is -2.12. The Balaban J connectivity index is 2.23. The van der Waals surface area contributed by atoms with Gasteiger partial charge in [0.25, 0.3) is 5.91 Å². The van der Waals surface area contributed by atoms with Gasteiger partial charge in [-0.25, -0.2) is 4.98 Å². The molecule has 20 heavy (non-hydrogen) atoms. The van der Waals surface area contributed by atoms with E-state index in [1.54, 1.807) is 12.1 Å². The molecule has 0 spiro atoms. The molecule has 0 saturated carbocycles. The minimum Gasteiger partial charge on any atom is -0.321 e. The summed E-state index contributed by atoms with van der Waals surface area (Å²) in [6.07, 6.45) is 1.42. The van der Waals surface area contributed by atoms with Crippen LogP contribution in [0.5, 0.6) is 0 Å². The predicted molar refractivity (Wildman–Crippen MR) is 72.9 cm³/mol. The van der Waals surface area contributed by atoms with Gasteiger partial charge in [-0.1, -0.05) is 0 Å². The molecule has 0 aliphatic carbocycles. The number of amides is 1. The quantitative estimate of drug-likeness (QED) is 0.528. The molecule has 1 amide bonds. The summed E-state index contributed by atoms with van der Waals surface area (Å²) in [4.78, 5) is 25.5. The van der Waals surface area contributed by atoms with Crippen LogP contribution in [0.25, 0.3) is 0 Å². The Morgan fingerprint density at radius 2 is 2.10 bits per heavy atom. The van der Waals surface area contributed by atoms with E-state index in [0.29, 0.717) is 10.3 Å². The van der Waals surface area contributed by atoms with Crippen molar-refractivity contribution in [2.45, 2.75) is 0 Å². The Morgan fingerprint density at radius 3 is 2.70 bits per heavy atom. The molecule has 0 bridgehead atoms. The number of benzene rings is 1. The highest BCUT2D eigenvalue weighted by Crippen LogP contribution is 2.19. The lowest BCUT2D eigenvalue weighted by atomic mass is 10.2. The summed E-state index contributed by atoms with van der Waals surface area (Å²) in [6, 6.07) is 6.17. The Labute approximate surface area is 120 Å². The van der Waals surface area contributed by atoms with E-state index in [2.05, 4.69) is 26.2 Å². The van der Waals surface area contributed by atoms with Crippen LogP contribution in [-0.2, 0) is 0 Å². The topological polar surface area (TPSA) is 85.1 Å². The largest absolute Gasteiger partial charge is 0.321 e. The number of anilines is 1. The number of carbonyl (C=O) groups excluding carboxylic acids is 1. The number of hydrogen-bond acceptors (Lipinski definition) is 4. The lowest BCUT2D eigenvalue weighted by molar-refractivity contribution is -0.387. The Morgan fingerprint density at radius 1 is 1.35 bits per heavy atom. The first kappa shape index (κ1) is 14.1. The van der Waals surface area contributed by atoms with Gasteiger partial charge in [0.15, 0.2) is 0 Å². The van der Waals surface area contributed by atoms with E-state index < -0.39 is 22.3 Å². The molecule has 1 aromatic heterocycles. The van der Waals surface area contributed by atoms with E-state index in [-0.39, 0.29) is 5.56 Å². The highest BCUT2D eigenvalue weighted by molar-refractivity contribution is 9.10. The molecular weight excluding hydrogens is 333 g/mol. The van der Waals surface area contributed by atoms with Gasteiger partial charge >= 0.3 is 5.69 Å². The lowest BCUT2D eigenvalue weighted by Gasteiger charge is -2.05. The number of pyridine rings is 1. The molecule has 1 heterocycles. The summed E-state index contributed by atoms with van der Waals surface area (Å²) in [5, 5.41) is 13.1. The summed E-state index contributed by atoms with van der Waals surface area (Å²) < 4.78 is 13.8. The van der Waals surface area contributed by atoms with Crippen LogP contribution in [0.15, 0.2) is 41.1 Å². The first-order valence-corrected chi connectivity index (χ1v) is 6.13. The molecule has 0 saturated heterocycles. The molecule has 0 radical (unpaired) electrons. The molecule has 0 fully saturated rings. The Hall–Kier alpha value is -2.35. The van der Waals surface area contributed by atoms with E-state index in [1.165, 1.54) is 12.3 Å². The first-order chi connectivity index (χ1) is 9.47. The summed E-state index contributed by atoms with van der Waals surface area (Å²) in [5.74, 6) is -1.57. The minimum absolute atomic E-state index is 0.0129. The van der Waals surface area contributed by atoms with E-state index in [4.69, 9.17) is 0 Å². The number of halogens is 2. The standard InChI is InChI=1S/C12H7BrFN3O3/c13-11-4-2-8(6-15-11)16-12(18)7-1-3-9(14)10(5-7)17(19)20/h1-6H,(H,16,18). The normalized spacial score (nSPS) is 10.1. The number of aromatic nitrogens is 1. The van der Waals surface area contributed by atoms with Crippen LogP contribution >= 0.6 is 15.9 Å². The number of nitrogens with zero attached hydrogens (tertiary/aromatic N) is 2. The maximum Gasteiger partial charge on any atom is 0.305 e. The third-order valence-corrected chi connectivity index (χ3v) is 2.86. The molecule has 1 N–H and O–H groups in total. The Kier molecular flexibility index (Phi) is 4.04. The van der Waals surface area contributed by atoms with Crippen LogP contribution in [0.3, 0.4) is 0 Å². The molecular formula is C12H7BrFN3O3. The van der Waals surface area contributed by atoms with Crippen LogP contribution in [0.4, 0.5) is 15.8 Å². The number of rotatable bonds is 3. The van der Waals surface area contributed by atoms with E-state index in [9.17, 15) is 19.3 Å². The maximum atomic E-state index is 13.2. The van der Waals surface area contributed by atoms with Gasteiger partial charge in [0, 0.05) is 11.6 Å². The fraction of sp³-hybridized carbons (Fsp3) is 0. The van der Waals surface area contributed by atoms with Gasteiger partial charge in [0.05, 0.1) is 16.8 Å². The maximum absolute atomic E-state index is 13.2. The van der Waals surface area contributed by atoms with Crippen molar-refractivity contribution in [2.24, 2.45) is 0 Å². The van der Waals surface area contributed by atoms with E-state index in [0.717, 1.165) is 12.1 Å². The second-order valence-corrected chi connectivity index (χ2v) is 4.56. The summed E-state index contributed by atoms with van der Waals surface area (Å²) >= 11 is 3.15. The van der Waals surface area contributed by atoms with Gasteiger partial charge in [-0.05, 0) is 40.2 Å². The monoisotopic (exact) mass is 339 g/mol. The van der Waals surface area contributed by atoms with Gasteiger partial charge in [0.1, 0.15) is 4.60 Å². The van der Waals surface area contributed by atoms with Crippen molar-refractivity contribution in [1.29, 1.82) is 0 Å². The molecule has 0 aliphatic rings. The molecule has 1 aromatic carbocycles. The van der Waals surface area contributed by atoms with E-state index in [1.807, 2.05) is 0 Å². The molecule has 6 nitrogen and oxygen atoms in total. The highest BCUT2D eigenvalue weighted by Gasteiger charge is 2.17. The fourth-order valence-corrected chi connectivity index (χ4v) is 1.68. The molecule has 0 atom stereocenters. The van der Waals surface area contributed by atoms with Gasteiger partial charge < -0.3 is 5.32 Å². The van der Waals surface area contributed by atoms with Gasteiger partial charge in [-0.2, -0.15) is 4.39 Å². The second-order valence-electron chi connectivity index (χ2n) is 3.75. The molecule has 2 aromatic rings. The summed E-state index contributed by atoms with van der Waals surface area (Å²) in [7, 11) is 0. The fourth-order valence-electron chi connectivity index (χ4n) is 1.45. The van der Waals surface area contributed by atoms with Crippen LogP contribution in [0, 0.1) is 15.9 Å². The van der Waals surface area contributed by atoms with Crippen LogP contribution in [0.1, 0.15) is 10.4 Å². The number of carbonyl (C=O) groups is 1.